The summed E-state index contributed by atoms with van der Waals surface area (Å²) in [6.07, 6.45) is -6.35. The predicted octanol–water partition coefficient (Wildman–Crippen LogP) is -0.0611. The maximum Gasteiger partial charge on any atom is 0.146 e. The van der Waals surface area contributed by atoms with Crippen molar-refractivity contribution in [3.63, 3.8) is 0 Å². The van der Waals surface area contributed by atoms with Crippen molar-refractivity contribution in [3.8, 4) is 0 Å². The Kier molecular flexibility index (Phi) is 0.291. The van der Waals surface area contributed by atoms with Gasteiger partial charge < -0.3 is 5.32 Å². The predicted molar refractivity (Wildman–Crippen MR) is 27.1 cm³/mol. The molecule has 0 radical (unpaired) electrons. The Morgan fingerprint density at radius 2 is 2.71 bits per heavy atom. The standard InChI is InChI=1S/C5H9NO/c7-5-2-1-3-6-4-5/h6H,1-4H2/i1D2,2D2,3D2,4D2. The van der Waals surface area contributed by atoms with Gasteiger partial charge in [0.1, 0.15) is 5.78 Å². The summed E-state index contributed by atoms with van der Waals surface area (Å²) in [5.74, 6) is -1.64. The lowest BCUT2D eigenvalue weighted by molar-refractivity contribution is -0.119. The number of ketones is 1. The van der Waals surface area contributed by atoms with Crippen LogP contribution in [0, 0.1) is 0 Å². The molecular weight excluding hydrogens is 90.1 g/mol. The van der Waals surface area contributed by atoms with Gasteiger partial charge in [-0.05, 0) is 12.9 Å². The maximum absolute atomic E-state index is 11.3. The number of nitrogens with one attached hydrogen (secondary N) is 1. The molecule has 0 spiro atoms. The third-order valence-corrected chi connectivity index (χ3v) is 0.477. The van der Waals surface area contributed by atoms with E-state index in [1.54, 1.807) is 0 Å². The molecular formula is C5H9NO. The second kappa shape index (κ2) is 2.07. The van der Waals surface area contributed by atoms with Gasteiger partial charge >= 0.3 is 0 Å². The highest BCUT2D eigenvalue weighted by Crippen LogP contribution is 1.92. The second-order valence-electron chi connectivity index (χ2n) is 0.954. The van der Waals surface area contributed by atoms with Crippen molar-refractivity contribution >= 4 is 5.78 Å². The SMILES string of the molecule is [2H]C1([2H])NC([2H])([2H])C([2H])([2H])C([2H])([2H])C1=O. The van der Waals surface area contributed by atoms with E-state index in [-0.39, 0.29) is 0 Å². The second-order valence-corrected chi connectivity index (χ2v) is 0.954. The van der Waals surface area contributed by atoms with Crippen LogP contribution in [0.1, 0.15) is 23.7 Å². The molecule has 1 aliphatic heterocycles. The number of hydrogen-bond acceptors (Lipinski definition) is 2. The Morgan fingerprint density at radius 3 is 3.57 bits per heavy atom. The summed E-state index contributed by atoms with van der Waals surface area (Å²) >= 11 is 0. The largest absolute Gasteiger partial charge is 0.310 e. The van der Waals surface area contributed by atoms with Gasteiger partial charge in [-0.25, -0.2) is 0 Å². The molecule has 2 nitrogen and oxygen atoms in total. The Hall–Kier alpha value is -0.370. The normalized spacial score (nSPS) is 68.3. The minimum absolute atomic E-state index is 1.53. The highest BCUT2D eigenvalue weighted by molar-refractivity contribution is 5.80. The van der Waals surface area contributed by atoms with Gasteiger partial charge in [-0.15, -0.1) is 0 Å². The lowest BCUT2D eigenvalue weighted by atomic mass is 10.1. The molecule has 0 saturated carbocycles. The Bertz CT molecular complexity index is 310. The van der Waals surface area contributed by atoms with Crippen LogP contribution in [-0.2, 0) is 4.79 Å². The molecule has 0 aromatic carbocycles. The summed E-state index contributed by atoms with van der Waals surface area (Å²) in [5, 5.41) is 1.53. The molecule has 1 fully saturated rings. The van der Waals surface area contributed by atoms with Crippen molar-refractivity contribution in [3.05, 3.63) is 0 Å². The fraction of sp³-hybridized carbons (Fsp3) is 0.800. The summed E-state index contributed by atoms with van der Waals surface area (Å²) in [7, 11) is 0. The van der Waals surface area contributed by atoms with Gasteiger partial charge in [0, 0.05) is 14.6 Å². The quantitative estimate of drug-likeness (QED) is 0.470. The highest BCUT2D eigenvalue weighted by Gasteiger charge is 2.04. The van der Waals surface area contributed by atoms with Gasteiger partial charge in [0.05, 0.1) is 9.24 Å². The number of carbonyl (C=O) groups is 1. The summed E-state index contributed by atoms with van der Waals surface area (Å²) in [5.41, 5.74) is 0. The Balaban J connectivity index is 3.33. The van der Waals surface area contributed by atoms with E-state index in [9.17, 15) is 4.79 Å². The third-order valence-electron chi connectivity index (χ3n) is 0.477. The minimum atomic E-state index is -3.22. The molecule has 1 N–H and O–H groups in total. The number of Topliss-reactive ketones (excluding diaryl/α,β-unsaturated/α-hetero) is 1. The molecule has 0 unspecified atom stereocenters. The van der Waals surface area contributed by atoms with Crippen LogP contribution >= 0.6 is 0 Å². The van der Waals surface area contributed by atoms with Crippen LogP contribution in [0.25, 0.3) is 0 Å². The number of piperidine rings is 1. The first-order valence-electron chi connectivity index (χ1n) is 5.70. The topological polar surface area (TPSA) is 29.1 Å². The van der Waals surface area contributed by atoms with Crippen LogP contribution in [0.15, 0.2) is 0 Å². The van der Waals surface area contributed by atoms with Crippen molar-refractivity contribution in [2.45, 2.75) is 12.7 Å². The molecule has 1 saturated heterocycles. The number of hydrogen-bond donors (Lipinski definition) is 1. The molecule has 0 amide bonds. The van der Waals surface area contributed by atoms with Gasteiger partial charge in [0.15, 0.2) is 0 Å². The molecule has 40 valence electrons. The summed E-state index contributed by atoms with van der Waals surface area (Å²) < 4.78 is 57.3. The van der Waals surface area contributed by atoms with E-state index in [2.05, 4.69) is 0 Å². The summed E-state index contributed by atoms with van der Waals surface area (Å²) in [6, 6.07) is 0. The van der Waals surface area contributed by atoms with Crippen molar-refractivity contribution in [2.75, 3.05) is 13.0 Å². The minimum Gasteiger partial charge on any atom is -0.310 e. The van der Waals surface area contributed by atoms with Crippen molar-refractivity contribution < 1.29 is 15.8 Å². The number of carbonyl (C=O) groups excluding carboxylic acids is 1. The average Bonchev–Trinajstić information content (AvgIpc) is 1.98. The van der Waals surface area contributed by atoms with E-state index in [1.807, 2.05) is 0 Å². The van der Waals surface area contributed by atoms with E-state index in [1.165, 1.54) is 5.32 Å². The monoisotopic (exact) mass is 107 g/mol. The van der Waals surface area contributed by atoms with Gasteiger partial charge in [0.25, 0.3) is 0 Å². The molecule has 0 aliphatic carbocycles. The Labute approximate surface area is 54.1 Å². The zero-order valence-corrected chi connectivity index (χ0v) is 3.41. The smallest absolute Gasteiger partial charge is 0.146 e. The fourth-order valence-electron chi connectivity index (χ4n) is 0.239. The van der Waals surface area contributed by atoms with Crippen LogP contribution in [0.2, 0.25) is 0 Å². The van der Waals surface area contributed by atoms with Crippen molar-refractivity contribution in [2.24, 2.45) is 0 Å². The Morgan fingerprint density at radius 1 is 1.86 bits per heavy atom. The van der Waals surface area contributed by atoms with Crippen LogP contribution in [0.4, 0.5) is 0 Å². The summed E-state index contributed by atoms with van der Waals surface area (Å²) in [4.78, 5) is 11.3. The fourth-order valence-corrected chi connectivity index (χ4v) is 0.239. The van der Waals surface area contributed by atoms with E-state index in [4.69, 9.17) is 11.0 Å². The molecule has 0 aromatic heterocycles. The lowest BCUT2D eigenvalue weighted by Crippen LogP contribution is -2.29. The molecule has 0 bridgehead atoms. The van der Waals surface area contributed by atoms with E-state index in [0.717, 1.165) is 0 Å². The average molecular weight is 107 g/mol. The molecule has 2 heteroatoms. The molecule has 1 rings (SSSR count). The molecule has 7 heavy (non-hydrogen) atoms. The van der Waals surface area contributed by atoms with Gasteiger partial charge in [0.2, 0.25) is 0 Å². The molecule has 1 heterocycles. The van der Waals surface area contributed by atoms with Crippen LogP contribution < -0.4 is 5.32 Å². The van der Waals surface area contributed by atoms with Crippen molar-refractivity contribution in [1.82, 2.24) is 5.32 Å². The molecule has 0 aromatic rings. The van der Waals surface area contributed by atoms with E-state index in [0.29, 0.717) is 0 Å². The molecule has 1 aliphatic rings. The first-order valence-corrected chi connectivity index (χ1v) is 1.70. The van der Waals surface area contributed by atoms with E-state index >= 15 is 0 Å². The van der Waals surface area contributed by atoms with Gasteiger partial charge in [-0.1, -0.05) is 0 Å². The third kappa shape index (κ3) is 1.27. The van der Waals surface area contributed by atoms with Crippen LogP contribution in [-0.4, -0.2) is 18.8 Å². The van der Waals surface area contributed by atoms with Gasteiger partial charge in [-0.3, -0.25) is 4.79 Å². The first-order chi connectivity index (χ1) is 6.36. The zero-order valence-electron chi connectivity index (χ0n) is 11.4. The highest BCUT2D eigenvalue weighted by atomic mass is 16.1. The lowest BCUT2D eigenvalue weighted by Gasteiger charge is -2.08. The maximum atomic E-state index is 11.3. The van der Waals surface area contributed by atoms with Crippen LogP contribution in [0.5, 0.6) is 0 Å². The van der Waals surface area contributed by atoms with Crippen molar-refractivity contribution in [1.29, 1.82) is 0 Å². The van der Waals surface area contributed by atoms with E-state index < -0.39 is 31.5 Å². The number of rotatable bonds is 0. The summed E-state index contributed by atoms with van der Waals surface area (Å²) in [6.45, 7) is -5.88. The van der Waals surface area contributed by atoms with Crippen LogP contribution in [0.3, 0.4) is 0 Å². The van der Waals surface area contributed by atoms with Gasteiger partial charge in [-0.2, -0.15) is 0 Å². The molecule has 0 atom stereocenters. The zero-order chi connectivity index (χ0) is 12.3. The first kappa shape index (κ1) is 0.982.